The number of carbonyl (C=O) groups is 1. The molecule has 8 heteroatoms. The van der Waals surface area contributed by atoms with Gasteiger partial charge < -0.3 is 10.6 Å². The number of amides is 1. The molecular formula is C23H31N3O3S2. The number of rotatable bonds is 11. The smallest absolute Gasteiger partial charge is 0.243 e. The lowest BCUT2D eigenvalue weighted by molar-refractivity contribution is -0.119. The summed E-state index contributed by atoms with van der Waals surface area (Å²) >= 11 is 5.18. The van der Waals surface area contributed by atoms with Crippen molar-refractivity contribution in [1.82, 2.24) is 9.62 Å². The number of benzene rings is 2. The van der Waals surface area contributed by atoms with E-state index in [1.807, 2.05) is 30.3 Å². The molecule has 0 spiro atoms. The fourth-order valence-corrected chi connectivity index (χ4v) is 4.45. The van der Waals surface area contributed by atoms with Crippen LogP contribution in [0, 0.1) is 0 Å². The van der Waals surface area contributed by atoms with Gasteiger partial charge in [0.2, 0.25) is 15.9 Å². The maximum absolute atomic E-state index is 12.8. The monoisotopic (exact) mass is 461 g/mol. The minimum atomic E-state index is -3.62. The molecule has 0 radical (unpaired) electrons. The largest absolute Gasteiger partial charge is 0.332 e. The Labute approximate surface area is 191 Å². The second-order valence-electron chi connectivity index (χ2n) is 7.44. The summed E-state index contributed by atoms with van der Waals surface area (Å²) in [6.45, 7) is 2.44. The van der Waals surface area contributed by atoms with Crippen LogP contribution in [0.3, 0.4) is 0 Å². The highest BCUT2D eigenvalue weighted by atomic mass is 32.2. The molecule has 2 aromatic rings. The van der Waals surface area contributed by atoms with Crippen LogP contribution in [0.2, 0.25) is 0 Å². The zero-order valence-electron chi connectivity index (χ0n) is 18.1. The first-order valence-corrected chi connectivity index (χ1v) is 12.4. The molecule has 0 aliphatic rings. The van der Waals surface area contributed by atoms with E-state index in [0.29, 0.717) is 12.1 Å². The van der Waals surface area contributed by atoms with Gasteiger partial charge in [0.05, 0.1) is 4.90 Å². The van der Waals surface area contributed by atoms with Crippen LogP contribution in [0.25, 0.3) is 0 Å². The molecule has 2 N–H and O–H groups in total. The number of carbonyl (C=O) groups excluding carboxylic acids is 1. The Morgan fingerprint density at radius 2 is 1.61 bits per heavy atom. The van der Waals surface area contributed by atoms with Crippen LogP contribution in [0.5, 0.6) is 0 Å². The summed E-state index contributed by atoms with van der Waals surface area (Å²) in [4.78, 5) is 12.2. The fourth-order valence-electron chi connectivity index (χ4n) is 3.06. The summed E-state index contributed by atoms with van der Waals surface area (Å²) in [5, 5.41) is 5.79. The van der Waals surface area contributed by atoms with Crippen LogP contribution >= 0.6 is 12.2 Å². The first kappa shape index (κ1) is 25.0. The van der Waals surface area contributed by atoms with Crippen molar-refractivity contribution in [2.24, 2.45) is 0 Å². The van der Waals surface area contributed by atoms with E-state index in [9.17, 15) is 13.2 Å². The predicted octanol–water partition coefficient (Wildman–Crippen LogP) is 4.68. The number of hydrogen-bond acceptors (Lipinski definition) is 4. The van der Waals surface area contributed by atoms with Crippen molar-refractivity contribution < 1.29 is 13.2 Å². The Hall–Kier alpha value is -2.29. The molecule has 0 fully saturated rings. The zero-order chi connectivity index (χ0) is 22.7. The summed E-state index contributed by atoms with van der Waals surface area (Å²) in [5.74, 6) is -0.115. The van der Waals surface area contributed by atoms with E-state index >= 15 is 0 Å². The highest BCUT2D eigenvalue weighted by Crippen LogP contribution is 2.19. The van der Waals surface area contributed by atoms with Gasteiger partial charge in [-0.05, 0) is 48.5 Å². The van der Waals surface area contributed by atoms with Crippen molar-refractivity contribution in [1.29, 1.82) is 0 Å². The molecule has 0 bridgehead atoms. The molecule has 2 aromatic carbocycles. The first-order chi connectivity index (χ1) is 14.8. The third-order valence-electron chi connectivity index (χ3n) is 4.83. The lowest BCUT2D eigenvalue weighted by Gasteiger charge is -2.17. The highest BCUT2D eigenvalue weighted by Gasteiger charge is 2.20. The van der Waals surface area contributed by atoms with Crippen LogP contribution in [0.15, 0.2) is 59.5 Å². The molecule has 0 atom stereocenters. The molecule has 0 unspecified atom stereocenters. The topological polar surface area (TPSA) is 78.5 Å². The fraction of sp³-hybridized carbons (Fsp3) is 0.391. The van der Waals surface area contributed by atoms with Gasteiger partial charge in [-0.1, -0.05) is 62.9 Å². The lowest BCUT2D eigenvalue weighted by atomic mass is 10.1. The standard InChI is InChI=1S/C23H31N3O3S2/c1-3-4-5-6-10-13-22(27)25-23(30)24-20-14-16-21(17-15-20)31(28,29)26(2)18-19-11-8-7-9-12-19/h7-9,11-12,14-17H,3-6,10,13,18H2,1-2H3,(H2,24,25,27,30). The molecule has 0 aliphatic heterocycles. The van der Waals surface area contributed by atoms with E-state index in [1.165, 1.54) is 29.3 Å². The third-order valence-corrected chi connectivity index (χ3v) is 6.85. The van der Waals surface area contributed by atoms with Crippen molar-refractivity contribution in [3.63, 3.8) is 0 Å². The Balaban J connectivity index is 1.86. The van der Waals surface area contributed by atoms with Gasteiger partial charge in [0.1, 0.15) is 0 Å². The molecule has 2 rings (SSSR count). The SMILES string of the molecule is CCCCCCCC(=O)NC(=S)Nc1ccc(S(=O)(=O)N(C)Cc2ccccc2)cc1. The number of thiocarbonyl (C=S) groups is 1. The van der Waals surface area contributed by atoms with Crippen LogP contribution in [0.4, 0.5) is 5.69 Å². The zero-order valence-corrected chi connectivity index (χ0v) is 19.8. The van der Waals surface area contributed by atoms with Gasteiger partial charge >= 0.3 is 0 Å². The minimum absolute atomic E-state index is 0.115. The summed E-state index contributed by atoms with van der Waals surface area (Å²) in [6.07, 6.45) is 5.82. The van der Waals surface area contributed by atoms with E-state index < -0.39 is 10.0 Å². The second-order valence-corrected chi connectivity index (χ2v) is 9.89. The van der Waals surface area contributed by atoms with Gasteiger partial charge in [-0.15, -0.1) is 0 Å². The van der Waals surface area contributed by atoms with Gasteiger partial charge in [0, 0.05) is 25.7 Å². The van der Waals surface area contributed by atoms with E-state index in [-0.39, 0.29) is 22.5 Å². The van der Waals surface area contributed by atoms with Crippen LogP contribution < -0.4 is 10.6 Å². The maximum Gasteiger partial charge on any atom is 0.243 e. The number of unbranched alkanes of at least 4 members (excludes halogenated alkanes) is 4. The van der Waals surface area contributed by atoms with Gasteiger partial charge in [-0.3, -0.25) is 4.79 Å². The molecule has 6 nitrogen and oxygen atoms in total. The first-order valence-electron chi connectivity index (χ1n) is 10.5. The number of anilines is 1. The van der Waals surface area contributed by atoms with Gasteiger partial charge in [0.15, 0.2) is 5.11 Å². The number of nitrogens with one attached hydrogen (secondary N) is 2. The van der Waals surface area contributed by atoms with Crippen LogP contribution in [0.1, 0.15) is 51.0 Å². The van der Waals surface area contributed by atoms with Crippen molar-refractivity contribution in [3.05, 3.63) is 60.2 Å². The molecule has 0 saturated heterocycles. The Morgan fingerprint density at radius 1 is 0.968 bits per heavy atom. The average Bonchev–Trinajstić information content (AvgIpc) is 2.74. The Morgan fingerprint density at radius 3 is 2.26 bits per heavy atom. The lowest BCUT2D eigenvalue weighted by Crippen LogP contribution is -2.33. The molecular weight excluding hydrogens is 430 g/mol. The average molecular weight is 462 g/mol. The van der Waals surface area contributed by atoms with Gasteiger partial charge in [-0.2, -0.15) is 4.31 Å². The van der Waals surface area contributed by atoms with Crippen molar-refractivity contribution >= 4 is 38.9 Å². The number of hydrogen-bond donors (Lipinski definition) is 2. The quantitative estimate of drug-likeness (QED) is 0.375. The number of sulfonamides is 1. The minimum Gasteiger partial charge on any atom is -0.332 e. The van der Waals surface area contributed by atoms with E-state index in [1.54, 1.807) is 19.2 Å². The van der Waals surface area contributed by atoms with Gasteiger partial charge in [-0.25, -0.2) is 8.42 Å². The summed E-state index contributed by atoms with van der Waals surface area (Å²) in [5.41, 5.74) is 1.52. The molecule has 0 aliphatic carbocycles. The summed E-state index contributed by atoms with van der Waals surface area (Å²) in [6, 6.07) is 15.7. The molecule has 1 amide bonds. The molecule has 0 heterocycles. The predicted molar refractivity (Wildman–Crippen MR) is 129 cm³/mol. The van der Waals surface area contributed by atoms with Crippen LogP contribution in [-0.2, 0) is 21.4 Å². The normalized spacial score (nSPS) is 11.3. The third kappa shape index (κ3) is 8.40. The van der Waals surface area contributed by atoms with E-state index in [4.69, 9.17) is 12.2 Å². The Kier molecular flexibility index (Phi) is 10.1. The molecule has 31 heavy (non-hydrogen) atoms. The highest BCUT2D eigenvalue weighted by molar-refractivity contribution is 7.89. The summed E-state index contributed by atoms with van der Waals surface area (Å²) in [7, 11) is -2.06. The number of nitrogens with zero attached hydrogens (tertiary/aromatic N) is 1. The molecule has 168 valence electrons. The molecule has 0 saturated carbocycles. The maximum atomic E-state index is 12.8. The second kappa shape index (κ2) is 12.5. The van der Waals surface area contributed by atoms with Crippen molar-refractivity contribution in [2.75, 3.05) is 12.4 Å². The van der Waals surface area contributed by atoms with E-state index in [2.05, 4.69) is 17.6 Å². The van der Waals surface area contributed by atoms with Crippen molar-refractivity contribution in [3.8, 4) is 0 Å². The van der Waals surface area contributed by atoms with Crippen LogP contribution in [-0.4, -0.2) is 30.8 Å². The van der Waals surface area contributed by atoms with E-state index in [0.717, 1.165) is 24.8 Å². The molecule has 0 aromatic heterocycles. The van der Waals surface area contributed by atoms with Gasteiger partial charge in [0.25, 0.3) is 0 Å². The Bertz CT molecular complexity index is 946. The summed E-state index contributed by atoms with van der Waals surface area (Å²) < 4.78 is 26.9. The van der Waals surface area contributed by atoms with Crippen molar-refractivity contribution in [2.45, 2.75) is 56.9 Å².